The molecule has 0 spiro atoms. The van der Waals surface area contributed by atoms with E-state index in [1.807, 2.05) is 33.8 Å². The van der Waals surface area contributed by atoms with Crippen LogP contribution in [-0.2, 0) is 0 Å². The fraction of sp³-hybridized carbons (Fsp3) is 0.800. The van der Waals surface area contributed by atoms with Gasteiger partial charge in [-0.15, -0.1) is 6.58 Å². The van der Waals surface area contributed by atoms with Gasteiger partial charge in [0.05, 0.1) is 5.60 Å². The maximum atomic E-state index is 10.1. The number of hydrogen-bond acceptors (Lipinski definition) is 1. The standard InChI is InChI=1S/C10H20O/c1-6-9(4,5)10(11,7-2)8-3/h6,11H,1,7-8H2,2-5H3. The van der Waals surface area contributed by atoms with E-state index in [2.05, 4.69) is 6.58 Å². The Kier molecular flexibility index (Phi) is 3.30. The third kappa shape index (κ3) is 1.84. The summed E-state index contributed by atoms with van der Waals surface area (Å²) in [4.78, 5) is 0. The smallest absolute Gasteiger partial charge is 0.0727 e. The monoisotopic (exact) mass is 156 g/mol. The number of hydrogen-bond donors (Lipinski definition) is 1. The number of rotatable bonds is 4. The first kappa shape index (κ1) is 10.7. The summed E-state index contributed by atoms with van der Waals surface area (Å²) in [5.74, 6) is 0. The van der Waals surface area contributed by atoms with Crippen molar-refractivity contribution in [2.24, 2.45) is 5.41 Å². The van der Waals surface area contributed by atoms with E-state index in [0.29, 0.717) is 0 Å². The van der Waals surface area contributed by atoms with Crippen LogP contribution in [-0.4, -0.2) is 10.7 Å². The van der Waals surface area contributed by atoms with Crippen LogP contribution < -0.4 is 0 Å². The van der Waals surface area contributed by atoms with Crippen molar-refractivity contribution in [3.05, 3.63) is 12.7 Å². The van der Waals surface area contributed by atoms with E-state index in [-0.39, 0.29) is 5.41 Å². The molecular formula is C10H20O. The van der Waals surface area contributed by atoms with Gasteiger partial charge in [-0.1, -0.05) is 33.8 Å². The van der Waals surface area contributed by atoms with E-state index in [9.17, 15) is 5.11 Å². The maximum Gasteiger partial charge on any atom is 0.0727 e. The summed E-state index contributed by atoms with van der Waals surface area (Å²) < 4.78 is 0. The van der Waals surface area contributed by atoms with Gasteiger partial charge >= 0.3 is 0 Å². The Balaban J connectivity index is 4.60. The van der Waals surface area contributed by atoms with Crippen LogP contribution in [0.25, 0.3) is 0 Å². The molecule has 0 saturated carbocycles. The van der Waals surface area contributed by atoms with Crippen LogP contribution in [0.3, 0.4) is 0 Å². The van der Waals surface area contributed by atoms with Crippen LogP contribution in [0.15, 0.2) is 12.7 Å². The first-order valence-corrected chi connectivity index (χ1v) is 4.29. The van der Waals surface area contributed by atoms with Gasteiger partial charge < -0.3 is 5.11 Å². The molecule has 0 fully saturated rings. The van der Waals surface area contributed by atoms with Crippen molar-refractivity contribution in [3.8, 4) is 0 Å². The van der Waals surface area contributed by atoms with Crippen LogP contribution in [0.5, 0.6) is 0 Å². The van der Waals surface area contributed by atoms with E-state index >= 15 is 0 Å². The third-order valence-corrected chi connectivity index (χ3v) is 2.88. The predicted octanol–water partition coefficient (Wildman–Crippen LogP) is 2.75. The normalized spacial score (nSPS) is 13.2. The second kappa shape index (κ2) is 3.40. The summed E-state index contributed by atoms with van der Waals surface area (Å²) in [7, 11) is 0. The summed E-state index contributed by atoms with van der Waals surface area (Å²) >= 11 is 0. The SMILES string of the molecule is C=CC(C)(C)C(O)(CC)CC. The lowest BCUT2D eigenvalue weighted by molar-refractivity contribution is -0.0487. The lowest BCUT2D eigenvalue weighted by atomic mass is 9.72. The second-order valence-electron chi connectivity index (χ2n) is 3.66. The Hall–Kier alpha value is -0.300. The molecule has 0 amide bonds. The highest BCUT2D eigenvalue weighted by atomic mass is 16.3. The van der Waals surface area contributed by atoms with Crippen molar-refractivity contribution in [2.75, 3.05) is 0 Å². The molecule has 0 bridgehead atoms. The quantitative estimate of drug-likeness (QED) is 0.620. The Bertz CT molecular complexity index is 132. The molecule has 0 atom stereocenters. The van der Waals surface area contributed by atoms with Crippen molar-refractivity contribution >= 4 is 0 Å². The fourth-order valence-electron chi connectivity index (χ4n) is 1.35. The molecule has 0 saturated heterocycles. The zero-order chi connectivity index (χ0) is 9.12. The Morgan fingerprint density at radius 3 is 1.73 bits per heavy atom. The predicted molar refractivity (Wildman–Crippen MR) is 49.5 cm³/mol. The zero-order valence-corrected chi connectivity index (χ0v) is 8.15. The molecular weight excluding hydrogens is 136 g/mol. The molecule has 0 aromatic heterocycles. The van der Waals surface area contributed by atoms with Gasteiger partial charge in [0.1, 0.15) is 0 Å². The molecule has 0 aliphatic carbocycles. The summed E-state index contributed by atoms with van der Waals surface area (Å²) in [6, 6.07) is 0. The molecule has 0 heterocycles. The largest absolute Gasteiger partial charge is 0.389 e. The van der Waals surface area contributed by atoms with Gasteiger partial charge in [0.25, 0.3) is 0 Å². The van der Waals surface area contributed by atoms with Crippen molar-refractivity contribution in [2.45, 2.75) is 46.1 Å². The molecule has 0 aliphatic heterocycles. The van der Waals surface area contributed by atoms with E-state index in [4.69, 9.17) is 0 Å². The average Bonchev–Trinajstić information content (AvgIpc) is 2.02. The summed E-state index contributed by atoms with van der Waals surface area (Å²) in [6.45, 7) is 11.8. The van der Waals surface area contributed by atoms with Gasteiger partial charge in [-0.3, -0.25) is 0 Å². The average molecular weight is 156 g/mol. The van der Waals surface area contributed by atoms with Crippen molar-refractivity contribution in [3.63, 3.8) is 0 Å². The second-order valence-corrected chi connectivity index (χ2v) is 3.66. The molecule has 1 heteroatoms. The van der Waals surface area contributed by atoms with Gasteiger partial charge in [-0.25, -0.2) is 0 Å². The lowest BCUT2D eigenvalue weighted by Crippen LogP contribution is -2.42. The molecule has 0 aromatic rings. The molecule has 0 unspecified atom stereocenters. The molecule has 1 N–H and O–H groups in total. The summed E-state index contributed by atoms with van der Waals surface area (Å²) in [6.07, 6.45) is 3.39. The minimum Gasteiger partial charge on any atom is -0.389 e. The summed E-state index contributed by atoms with van der Waals surface area (Å²) in [5, 5.41) is 10.1. The van der Waals surface area contributed by atoms with Gasteiger partial charge in [-0.2, -0.15) is 0 Å². The van der Waals surface area contributed by atoms with Gasteiger partial charge in [0.2, 0.25) is 0 Å². The van der Waals surface area contributed by atoms with E-state index in [1.165, 1.54) is 0 Å². The molecule has 0 aromatic carbocycles. The maximum absolute atomic E-state index is 10.1. The lowest BCUT2D eigenvalue weighted by Gasteiger charge is -2.39. The molecule has 0 aliphatic rings. The van der Waals surface area contributed by atoms with E-state index < -0.39 is 5.60 Å². The van der Waals surface area contributed by atoms with Gasteiger partial charge in [0.15, 0.2) is 0 Å². The minimum absolute atomic E-state index is 0.184. The van der Waals surface area contributed by atoms with Gasteiger partial charge in [0, 0.05) is 5.41 Å². The van der Waals surface area contributed by atoms with Crippen LogP contribution in [0.4, 0.5) is 0 Å². The molecule has 0 rings (SSSR count). The molecule has 11 heavy (non-hydrogen) atoms. The highest BCUT2D eigenvalue weighted by Crippen LogP contribution is 2.36. The third-order valence-electron chi connectivity index (χ3n) is 2.88. The Labute approximate surface area is 70.1 Å². The van der Waals surface area contributed by atoms with Crippen LogP contribution >= 0.6 is 0 Å². The Morgan fingerprint density at radius 1 is 1.27 bits per heavy atom. The fourth-order valence-corrected chi connectivity index (χ4v) is 1.35. The highest BCUT2D eigenvalue weighted by Gasteiger charge is 2.37. The van der Waals surface area contributed by atoms with E-state index in [0.717, 1.165) is 12.8 Å². The van der Waals surface area contributed by atoms with Crippen LogP contribution in [0.1, 0.15) is 40.5 Å². The van der Waals surface area contributed by atoms with Crippen molar-refractivity contribution in [1.29, 1.82) is 0 Å². The van der Waals surface area contributed by atoms with Crippen LogP contribution in [0.2, 0.25) is 0 Å². The first-order chi connectivity index (χ1) is 4.93. The Morgan fingerprint density at radius 2 is 1.64 bits per heavy atom. The first-order valence-electron chi connectivity index (χ1n) is 4.29. The van der Waals surface area contributed by atoms with Crippen molar-refractivity contribution in [1.82, 2.24) is 0 Å². The minimum atomic E-state index is -0.589. The highest BCUT2D eigenvalue weighted by molar-refractivity contribution is 5.01. The molecule has 66 valence electrons. The van der Waals surface area contributed by atoms with Gasteiger partial charge in [-0.05, 0) is 12.8 Å². The topological polar surface area (TPSA) is 20.2 Å². The van der Waals surface area contributed by atoms with Crippen molar-refractivity contribution < 1.29 is 5.11 Å². The summed E-state index contributed by atoms with van der Waals surface area (Å²) in [5.41, 5.74) is -0.773. The molecule has 1 nitrogen and oxygen atoms in total. The zero-order valence-electron chi connectivity index (χ0n) is 8.15. The van der Waals surface area contributed by atoms with Crippen LogP contribution in [0, 0.1) is 5.41 Å². The van der Waals surface area contributed by atoms with E-state index in [1.54, 1.807) is 0 Å². The number of aliphatic hydroxyl groups is 1. The molecule has 0 radical (unpaired) electrons.